The van der Waals surface area contributed by atoms with Gasteiger partial charge in [0.1, 0.15) is 11.5 Å². The average molecular weight is 260 g/mol. The summed E-state index contributed by atoms with van der Waals surface area (Å²) in [6.45, 7) is 5.81. The molecule has 0 atom stereocenters. The lowest BCUT2D eigenvalue weighted by molar-refractivity contribution is -0.122. The van der Waals surface area contributed by atoms with Gasteiger partial charge >= 0.3 is 0 Å². The number of aryl methyl sites for hydroxylation is 1. The minimum atomic E-state index is -0.250. The molecule has 2 aromatic carbocycles. The molecule has 3 heteroatoms. The summed E-state index contributed by atoms with van der Waals surface area (Å²) in [7, 11) is 0. The van der Waals surface area contributed by atoms with E-state index in [9.17, 15) is 0 Å². The predicted molar refractivity (Wildman–Crippen MR) is 77.7 cm³/mol. The van der Waals surface area contributed by atoms with Gasteiger partial charge in [-0.1, -0.05) is 49.7 Å². The van der Waals surface area contributed by atoms with Crippen molar-refractivity contribution >= 4 is 6.47 Å². The van der Waals surface area contributed by atoms with Gasteiger partial charge in [0.15, 0.2) is 0 Å². The van der Waals surface area contributed by atoms with Crippen LogP contribution >= 0.6 is 0 Å². The second kappa shape index (κ2) is 10.8. The third kappa shape index (κ3) is 7.60. The smallest absolute Gasteiger partial charge is 0.290 e. The van der Waals surface area contributed by atoms with E-state index >= 15 is 0 Å². The third-order valence-electron chi connectivity index (χ3n) is 2.00. The lowest BCUT2D eigenvalue weighted by atomic mass is 10.2. The molecular formula is C16H20O3. The maximum atomic E-state index is 8.36. The highest BCUT2D eigenvalue weighted by atomic mass is 16.5. The van der Waals surface area contributed by atoms with Crippen molar-refractivity contribution in [3.8, 4) is 11.5 Å². The van der Waals surface area contributed by atoms with Gasteiger partial charge in [0, 0.05) is 0 Å². The summed E-state index contributed by atoms with van der Waals surface area (Å²) < 4.78 is 5.63. The Morgan fingerprint density at radius 2 is 1.32 bits per heavy atom. The van der Waals surface area contributed by atoms with Gasteiger partial charge in [0.05, 0.1) is 0 Å². The summed E-state index contributed by atoms with van der Waals surface area (Å²) in [5.74, 6) is 1.75. The lowest BCUT2D eigenvalue weighted by Crippen LogP contribution is -1.82. The van der Waals surface area contributed by atoms with Crippen LogP contribution in [0.15, 0.2) is 54.6 Å². The predicted octanol–water partition coefficient (Wildman–Crippen LogP) is 4.51. The van der Waals surface area contributed by atoms with Crippen LogP contribution in [0.3, 0.4) is 0 Å². The summed E-state index contributed by atoms with van der Waals surface area (Å²) in [4.78, 5) is 8.36. The normalized spacial score (nSPS) is 8.16. The van der Waals surface area contributed by atoms with Crippen molar-refractivity contribution in [1.29, 1.82) is 0 Å². The van der Waals surface area contributed by atoms with Crippen molar-refractivity contribution in [3.63, 3.8) is 0 Å². The number of carboxylic acid groups (broad SMARTS) is 1. The lowest BCUT2D eigenvalue weighted by Gasteiger charge is -2.04. The van der Waals surface area contributed by atoms with Gasteiger partial charge in [0.2, 0.25) is 0 Å². The van der Waals surface area contributed by atoms with Crippen molar-refractivity contribution < 1.29 is 14.6 Å². The maximum Gasteiger partial charge on any atom is 0.290 e. The Bertz CT molecular complexity index is 435. The molecule has 1 N–H and O–H groups in total. The van der Waals surface area contributed by atoms with E-state index in [2.05, 4.69) is 6.92 Å². The summed E-state index contributed by atoms with van der Waals surface area (Å²) in [5.41, 5.74) is 1.24. The molecule has 2 rings (SSSR count). The fourth-order valence-electron chi connectivity index (χ4n) is 1.23. The second-order valence-electron chi connectivity index (χ2n) is 3.33. The molecule has 0 saturated carbocycles. The third-order valence-corrected chi connectivity index (χ3v) is 2.00. The fraction of sp³-hybridized carbons (Fsp3) is 0.188. The van der Waals surface area contributed by atoms with E-state index in [-0.39, 0.29) is 6.47 Å². The van der Waals surface area contributed by atoms with Gasteiger partial charge in [-0.05, 0) is 31.2 Å². The van der Waals surface area contributed by atoms with E-state index in [1.54, 1.807) is 0 Å². The highest BCUT2D eigenvalue weighted by molar-refractivity contribution is 5.33. The van der Waals surface area contributed by atoms with E-state index in [4.69, 9.17) is 14.6 Å². The molecular weight excluding hydrogens is 240 g/mol. The van der Waals surface area contributed by atoms with Crippen molar-refractivity contribution in [2.45, 2.75) is 20.8 Å². The van der Waals surface area contributed by atoms with E-state index in [1.165, 1.54) is 5.56 Å². The summed E-state index contributed by atoms with van der Waals surface area (Å²) in [6.07, 6.45) is 0. The van der Waals surface area contributed by atoms with Crippen LogP contribution in [0, 0.1) is 6.92 Å². The van der Waals surface area contributed by atoms with Crippen molar-refractivity contribution in [2.75, 3.05) is 0 Å². The largest absolute Gasteiger partial charge is 0.483 e. The van der Waals surface area contributed by atoms with E-state index < -0.39 is 0 Å². The van der Waals surface area contributed by atoms with Crippen LogP contribution in [0.25, 0.3) is 0 Å². The van der Waals surface area contributed by atoms with Crippen LogP contribution in [0.4, 0.5) is 0 Å². The average Bonchev–Trinajstić information content (AvgIpc) is 2.46. The van der Waals surface area contributed by atoms with E-state index in [0.717, 1.165) is 11.5 Å². The summed E-state index contributed by atoms with van der Waals surface area (Å²) in [6, 6.07) is 17.8. The first-order valence-electron chi connectivity index (χ1n) is 6.13. The Hall–Kier alpha value is -2.29. The highest BCUT2D eigenvalue weighted by Gasteiger charge is 1.94. The minimum absolute atomic E-state index is 0.250. The quantitative estimate of drug-likeness (QED) is 0.808. The molecule has 19 heavy (non-hydrogen) atoms. The van der Waals surface area contributed by atoms with Gasteiger partial charge in [-0.2, -0.15) is 0 Å². The van der Waals surface area contributed by atoms with E-state index in [0.29, 0.717) is 0 Å². The first kappa shape index (κ1) is 16.7. The van der Waals surface area contributed by atoms with Gasteiger partial charge < -0.3 is 9.84 Å². The topological polar surface area (TPSA) is 46.5 Å². The zero-order valence-corrected chi connectivity index (χ0v) is 11.5. The number of carbonyl (C=O) groups is 1. The molecule has 3 nitrogen and oxygen atoms in total. The monoisotopic (exact) mass is 260 g/mol. The molecule has 2 aromatic rings. The molecule has 0 aromatic heterocycles. The van der Waals surface area contributed by atoms with Crippen LogP contribution in [-0.4, -0.2) is 11.6 Å². The molecule has 0 aliphatic rings. The molecule has 0 amide bonds. The van der Waals surface area contributed by atoms with Crippen LogP contribution in [0.2, 0.25) is 0 Å². The number of para-hydroxylation sites is 1. The number of hydrogen-bond acceptors (Lipinski definition) is 2. The number of ether oxygens (including phenoxy) is 1. The first-order chi connectivity index (χ1) is 9.26. The Labute approximate surface area is 114 Å². The molecule has 0 aliphatic heterocycles. The number of hydrogen-bond donors (Lipinski definition) is 1. The summed E-state index contributed by atoms with van der Waals surface area (Å²) >= 11 is 0. The zero-order valence-electron chi connectivity index (χ0n) is 11.5. The standard InChI is InChI=1S/C13H12O.C2H6.CH2O2/c1-11-7-9-13(10-8-11)14-12-5-3-2-4-6-12;1-2;2-1-3/h2-10H,1H3;1-2H3;1H,(H,2,3). The molecule has 0 saturated heterocycles. The second-order valence-corrected chi connectivity index (χ2v) is 3.33. The van der Waals surface area contributed by atoms with Crippen molar-refractivity contribution in [1.82, 2.24) is 0 Å². The Morgan fingerprint density at radius 1 is 0.895 bits per heavy atom. The Balaban J connectivity index is 0.000000573. The first-order valence-corrected chi connectivity index (χ1v) is 6.13. The number of benzene rings is 2. The molecule has 0 aliphatic carbocycles. The van der Waals surface area contributed by atoms with Gasteiger partial charge in [0.25, 0.3) is 6.47 Å². The van der Waals surface area contributed by atoms with Crippen molar-refractivity contribution in [2.24, 2.45) is 0 Å². The number of rotatable bonds is 2. The maximum absolute atomic E-state index is 8.36. The van der Waals surface area contributed by atoms with Crippen LogP contribution in [-0.2, 0) is 4.79 Å². The zero-order chi connectivity index (χ0) is 14.5. The summed E-state index contributed by atoms with van der Waals surface area (Å²) in [5, 5.41) is 6.89. The Morgan fingerprint density at radius 3 is 1.79 bits per heavy atom. The van der Waals surface area contributed by atoms with Crippen molar-refractivity contribution in [3.05, 3.63) is 60.2 Å². The molecule has 0 bridgehead atoms. The molecule has 0 radical (unpaired) electrons. The minimum Gasteiger partial charge on any atom is -0.483 e. The van der Waals surface area contributed by atoms with Crippen LogP contribution < -0.4 is 4.74 Å². The fourth-order valence-corrected chi connectivity index (χ4v) is 1.23. The molecule has 102 valence electrons. The van der Waals surface area contributed by atoms with Gasteiger partial charge in [-0.3, -0.25) is 4.79 Å². The van der Waals surface area contributed by atoms with E-state index in [1.807, 2.05) is 68.4 Å². The Kier molecular flexibility index (Phi) is 9.53. The van der Waals surface area contributed by atoms with Crippen LogP contribution in [0.1, 0.15) is 19.4 Å². The molecule has 0 unspecified atom stereocenters. The SMILES string of the molecule is CC.Cc1ccc(Oc2ccccc2)cc1.O=CO. The molecule has 0 spiro atoms. The van der Waals surface area contributed by atoms with Crippen LogP contribution in [0.5, 0.6) is 11.5 Å². The molecule has 0 heterocycles. The van der Waals surface area contributed by atoms with Gasteiger partial charge in [-0.15, -0.1) is 0 Å². The highest BCUT2D eigenvalue weighted by Crippen LogP contribution is 2.20. The molecule has 0 fully saturated rings. The van der Waals surface area contributed by atoms with Gasteiger partial charge in [-0.25, -0.2) is 0 Å².